The molecule has 0 amide bonds. The quantitative estimate of drug-likeness (QED) is 0.0732. The van der Waals surface area contributed by atoms with E-state index < -0.39 is 131 Å². The Labute approximate surface area is 324 Å². The van der Waals surface area contributed by atoms with Crippen LogP contribution in [0, 0.1) is 0 Å². The first kappa shape index (κ1) is 61.4. The van der Waals surface area contributed by atoms with Crippen molar-refractivity contribution in [2.24, 2.45) is 0 Å². The third kappa shape index (κ3) is 7.72. The summed E-state index contributed by atoms with van der Waals surface area (Å²) in [6, 6.07) is 0. The van der Waals surface area contributed by atoms with E-state index in [2.05, 4.69) is 0 Å². The molecule has 0 unspecified atom stereocenters. The monoisotopic (exact) mass is 1070 g/mol. The molecule has 0 aromatic rings. The number of hydrogen-bond donors (Lipinski definition) is 0. The van der Waals surface area contributed by atoms with Gasteiger partial charge in [0.25, 0.3) is 0 Å². The zero-order valence-corrected chi connectivity index (χ0v) is 27.8. The molecule has 0 saturated heterocycles. The number of esters is 1. The Morgan fingerprint density at radius 2 is 0.446 bits per heavy atom. The number of hydrogen-bond acceptors (Lipinski definition) is 2. The fourth-order valence-corrected chi connectivity index (χ4v) is 3.64. The first-order valence-corrected chi connectivity index (χ1v) is 13.7. The Hall–Kier alpha value is -3.59. The van der Waals surface area contributed by atoms with Crippen LogP contribution in [0.4, 0.5) is 176 Å². The fraction of sp³-hybridized carbons (Fsp3) is 0.870. The summed E-state index contributed by atoms with van der Waals surface area (Å²) < 4.78 is 537. The van der Waals surface area contributed by atoms with E-state index in [0.717, 1.165) is 0 Å². The molecule has 0 N–H and O–H groups in total. The van der Waals surface area contributed by atoms with Crippen LogP contribution >= 0.6 is 0 Å². The average Bonchev–Trinajstić information content (AvgIpc) is 3.05. The molecule has 0 aliphatic rings. The van der Waals surface area contributed by atoms with Gasteiger partial charge in [-0.25, -0.2) is 4.79 Å². The van der Waals surface area contributed by atoms with Crippen LogP contribution in [0.1, 0.15) is 6.42 Å². The number of alkyl halides is 40. The highest BCUT2D eigenvalue weighted by atomic mass is 19.5. The first-order valence-electron chi connectivity index (χ1n) is 13.7. The third-order valence-electron chi connectivity index (χ3n) is 7.61. The molecule has 0 saturated carbocycles. The van der Waals surface area contributed by atoms with Crippen LogP contribution in [0.25, 0.3) is 0 Å². The number of rotatable bonds is 19. The lowest BCUT2D eigenvalue weighted by Crippen LogP contribution is -2.77. The van der Waals surface area contributed by atoms with Crippen molar-refractivity contribution < 1.29 is 185 Å². The Morgan fingerprint density at radius 1 is 0.277 bits per heavy atom. The Kier molecular flexibility index (Phi) is 14.4. The summed E-state index contributed by atoms with van der Waals surface area (Å²) in [7, 11) is 0. The van der Waals surface area contributed by atoms with Crippen molar-refractivity contribution in [2.75, 3.05) is 0 Å². The molecule has 0 fully saturated rings. The van der Waals surface area contributed by atoms with Gasteiger partial charge in [-0.1, -0.05) is 6.58 Å². The van der Waals surface area contributed by atoms with Crippen molar-refractivity contribution in [3.05, 3.63) is 12.2 Å². The molecule has 0 spiro atoms. The molecule has 0 aromatic heterocycles. The normalized spacial score (nSPS) is 16.8. The summed E-state index contributed by atoms with van der Waals surface area (Å²) in [6.45, 7) is 1.30. The van der Waals surface area contributed by atoms with Crippen molar-refractivity contribution in [3.8, 4) is 0 Å². The Morgan fingerprint density at radius 3 is 0.646 bits per heavy atom. The predicted octanol–water partition coefficient (Wildman–Crippen LogP) is 13.4. The van der Waals surface area contributed by atoms with Gasteiger partial charge < -0.3 is 4.74 Å². The van der Waals surface area contributed by atoms with Crippen molar-refractivity contribution in [1.82, 2.24) is 0 Å². The Balaban J connectivity index is 7.17. The molecule has 2 nitrogen and oxygen atoms in total. The number of halogens is 40. The Bertz CT molecular complexity index is 1770. The van der Waals surface area contributed by atoms with Crippen LogP contribution in [-0.4, -0.2) is 119 Å². The molecule has 65 heavy (non-hydrogen) atoms. The van der Waals surface area contributed by atoms with E-state index in [9.17, 15) is 180 Å². The zero-order valence-electron chi connectivity index (χ0n) is 27.8. The van der Waals surface area contributed by atoms with Gasteiger partial charge in [-0.15, -0.1) is 0 Å². The number of carbonyl (C=O) groups excluding carboxylic acids is 1. The standard InChI is InChI=1S/C23H4F40O2/c1-3(2-5(24,25)6(26,27)7(28,29)8(30,31)9(32,33)12(38,39)15(44,45)18(50,51)21(56,57)58)4(64)65-23(62,63)20(54,55)17(48,49)14(42,43)11(36,37)10(34,35)13(40,41)16(46,47)19(52,53)22(59,60)61/h1-2H2. The molecule has 0 aliphatic heterocycles. The maximum atomic E-state index is 14.1. The van der Waals surface area contributed by atoms with Crippen LogP contribution in [0.2, 0.25) is 0 Å². The van der Waals surface area contributed by atoms with Crippen LogP contribution in [-0.2, 0) is 9.53 Å². The summed E-state index contributed by atoms with van der Waals surface area (Å²) in [5, 5.41) is 0. The van der Waals surface area contributed by atoms with E-state index in [1.807, 2.05) is 0 Å². The summed E-state index contributed by atoms with van der Waals surface area (Å²) in [5.41, 5.74) is -3.79. The van der Waals surface area contributed by atoms with Crippen LogP contribution in [0.5, 0.6) is 0 Å². The second kappa shape index (κ2) is 15.2. The molecule has 42 heteroatoms. The summed E-state index contributed by atoms with van der Waals surface area (Å²) >= 11 is 0. The van der Waals surface area contributed by atoms with E-state index >= 15 is 0 Å². The first-order chi connectivity index (χ1) is 27.3. The SMILES string of the molecule is C=C(CC(F)(F)C(F)(F)C(F)(F)C(F)(F)C(F)(F)C(F)(F)C(F)(F)C(F)(F)C(F)(F)F)C(=O)OC(F)(F)C(F)(F)C(F)(F)C(F)(F)C(F)(F)C(F)(F)C(F)(F)C(F)(F)C(F)(F)C(F)(F)F. The molecule has 0 heterocycles. The lowest BCUT2D eigenvalue weighted by atomic mass is 9.86. The van der Waals surface area contributed by atoms with Gasteiger partial charge in [0.05, 0.1) is 0 Å². The highest BCUT2D eigenvalue weighted by Gasteiger charge is 2.99. The molecular weight excluding hydrogens is 1070 g/mol. The second-order valence-electron chi connectivity index (χ2n) is 12.0. The largest absolute Gasteiger partial charge is 0.473 e. The molecule has 0 aromatic carbocycles. The van der Waals surface area contributed by atoms with Crippen molar-refractivity contribution >= 4 is 5.97 Å². The number of carbonyl (C=O) groups is 1. The van der Waals surface area contributed by atoms with E-state index in [1.165, 1.54) is 6.58 Å². The minimum absolute atomic E-state index is 1.30. The average molecular weight is 1070 g/mol. The van der Waals surface area contributed by atoms with Gasteiger partial charge in [-0.3, -0.25) is 0 Å². The van der Waals surface area contributed by atoms with Crippen LogP contribution < -0.4 is 0 Å². The van der Waals surface area contributed by atoms with Gasteiger partial charge in [-0.2, -0.15) is 176 Å². The maximum absolute atomic E-state index is 14.1. The zero-order chi connectivity index (χ0) is 54.1. The predicted molar refractivity (Wildman–Crippen MR) is 116 cm³/mol. The lowest BCUT2D eigenvalue weighted by Gasteiger charge is -2.44. The van der Waals surface area contributed by atoms with Crippen molar-refractivity contribution in [2.45, 2.75) is 120 Å². The molecule has 388 valence electrons. The summed E-state index contributed by atoms with van der Waals surface area (Å²) in [6.07, 6.45) is -30.0. The maximum Gasteiger partial charge on any atom is 0.473 e. The second-order valence-corrected chi connectivity index (χ2v) is 12.0. The molecule has 0 aliphatic carbocycles. The van der Waals surface area contributed by atoms with E-state index in [-0.39, 0.29) is 0 Å². The van der Waals surface area contributed by atoms with Gasteiger partial charge in [0, 0.05) is 12.0 Å². The van der Waals surface area contributed by atoms with E-state index in [1.54, 1.807) is 4.74 Å². The summed E-state index contributed by atoms with van der Waals surface area (Å²) in [5.74, 6) is -154. The fourth-order valence-electron chi connectivity index (χ4n) is 3.64. The van der Waals surface area contributed by atoms with Gasteiger partial charge in [-0.05, 0) is 0 Å². The van der Waals surface area contributed by atoms with E-state index in [0.29, 0.717) is 0 Å². The van der Waals surface area contributed by atoms with E-state index in [4.69, 9.17) is 0 Å². The highest BCUT2D eigenvalue weighted by Crippen LogP contribution is 2.68. The minimum atomic E-state index is -9.86. The van der Waals surface area contributed by atoms with Crippen LogP contribution in [0.15, 0.2) is 12.2 Å². The van der Waals surface area contributed by atoms with Crippen molar-refractivity contribution in [3.63, 3.8) is 0 Å². The van der Waals surface area contributed by atoms with Gasteiger partial charge in [0.15, 0.2) is 0 Å². The third-order valence-corrected chi connectivity index (χ3v) is 7.61. The highest BCUT2D eigenvalue weighted by molar-refractivity contribution is 5.88. The smallest absolute Gasteiger partial charge is 0.393 e. The number of ether oxygens (including phenoxy) is 1. The van der Waals surface area contributed by atoms with Crippen molar-refractivity contribution in [1.29, 1.82) is 0 Å². The topological polar surface area (TPSA) is 26.3 Å². The minimum Gasteiger partial charge on any atom is -0.393 e. The van der Waals surface area contributed by atoms with Gasteiger partial charge in [0.2, 0.25) is 0 Å². The molecule has 0 rings (SSSR count). The molecule has 0 atom stereocenters. The lowest BCUT2D eigenvalue weighted by molar-refractivity contribution is -0.482. The molecular formula is C23H4F40O2. The van der Waals surface area contributed by atoms with Crippen LogP contribution in [0.3, 0.4) is 0 Å². The summed E-state index contributed by atoms with van der Waals surface area (Å²) in [4.78, 5) is 11.4. The van der Waals surface area contributed by atoms with Gasteiger partial charge in [0.1, 0.15) is 0 Å². The van der Waals surface area contributed by atoms with Gasteiger partial charge >= 0.3 is 119 Å². The molecule has 0 bridgehead atoms. The molecule has 0 radical (unpaired) electrons.